The summed E-state index contributed by atoms with van der Waals surface area (Å²) in [4.78, 5) is 39.1. The van der Waals surface area contributed by atoms with E-state index in [1.54, 1.807) is 39.0 Å². The van der Waals surface area contributed by atoms with Crippen LogP contribution < -0.4 is 14.9 Å². The lowest BCUT2D eigenvalue weighted by atomic mass is 9.93. The number of ether oxygens (including phenoxy) is 3. The molecule has 0 aliphatic carbocycles. The fourth-order valence-corrected chi connectivity index (χ4v) is 4.93. The van der Waals surface area contributed by atoms with Gasteiger partial charge >= 0.3 is 0 Å². The molecule has 0 aliphatic rings. The molecule has 3 aromatic heterocycles. The number of aromatic nitrogens is 3. The lowest BCUT2D eigenvalue weighted by Crippen LogP contribution is -2.24. The van der Waals surface area contributed by atoms with Gasteiger partial charge in [0.2, 0.25) is 5.43 Å². The maximum absolute atomic E-state index is 15.2. The van der Waals surface area contributed by atoms with E-state index in [-0.39, 0.29) is 29.9 Å². The Bertz CT molecular complexity index is 1900. The molecule has 0 fully saturated rings. The SMILES string of the molecule is CCOCc1[nH]c(C)c(-c2ccc(F)cc2C)c(=O)c1C(=O)Cc1ccc(Oc2ccnc3cc(OC)cnc23)c(F)c1. The van der Waals surface area contributed by atoms with Crippen molar-refractivity contribution < 1.29 is 27.8 Å². The lowest BCUT2D eigenvalue weighted by molar-refractivity contribution is 0.0978. The highest BCUT2D eigenvalue weighted by Gasteiger charge is 2.23. The van der Waals surface area contributed by atoms with E-state index in [0.717, 1.165) is 0 Å². The molecule has 0 aliphatic heterocycles. The fraction of sp³-hybridized carbons (Fsp3) is 0.212. The molecule has 2 aromatic carbocycles. The van der Waals surface area contributed by atoms with Gasteiger partial charge in [-0.15, -0.1) is 0 Å². The zero-order chi connectivity index (χ0) is 30.7. The summed E-state index contributed by atoms with van der Waals surface area (Å²) in [5.41, 5.74) is 2.89. The molecule has 0 radical (unpaired) electrons. The number of carbonyl (C=O) groups is 1. The van der Waals surface area contributed by atoms with E-state index in [2.05, 4.69) is 15.0 Å². The molecule has 0 atom stereocenters. The smallest absolute Gasteiger partial charge is 0.200 e. The van der Waals surface area contributed by atoms with Crippen molar-refractivity contribution >= 4 is 16.8 Å². The number of aromatic amines is 1. The minimum Gasteiger partial charge on any atom is -0.495 e. The summed E-state index contributed by atoms with van der Waals surface area (Å²) < 4.78 is 45.6. The van der Waals surface area contributed by atoms with Gasteiger partial charge in [-0.05, 0) is 61.7 Å². The Balaban J connectivity index is 1.46. The minimum absolute atomic E-state index is 0.0112. The number of methoxy groups -OCH3 is 1. The van der Waals surface area contributed by atoms with Gasteiger partial charge in [-0.2, -0.15) is 0 Å². The van der Waals surface area contributed by atoms with E-state index >= 15 is 4.39 Å². The summed E-state index contributed by atoms with van der Waals surface area (Å²) in [5, 5.41) is 0. The number of halogens is 2. The number of pyridine rings is 3. The molecule has 3 heterocycles. The summed E-state index contributed by atoms with van der Waals surface area (Å²) in [7, 11) is 1.52. The first-order valence-electron chi connectivity index (χ1n) is 13.6. The Morgan fingerprint density at radius 3 is 2.53 bits per heavy atom. The third-order valence-corrected chi connectivity index (χ3v) is 6.99. The highest BCUT2D eigenvalue weighted by Crippen LogP contribution is 2.31. The third-order valence-electron chi connectivity index (χ3n) is 6.99. The summed E-state index contributed by atoms with van der Waals surface area (Å²) >= 11 is 0. The number of hydrogen-bond acceptors (Lipinski definition) is 7. The standard InChI is InChI=1S/C33H29F2N3O5/c1-5-42-17-26-31(33(40)30(19(3)38-26)23-8-7-21(34)12-18(23)2)27(39)14-20-6-9-28(24(35)13-20)43-29-10-11-36-25-15-22(41-4)16-37-32(25)29/h6-13,15-16H,5,14,17H2,1-4H3,(H,38,40). The van der Waals surface area contributed by atoms with Gasteiger partial charge in [0.15, 0.2) is 23.1 Å². The number of ketones is 1. The molecule has 0 spiro atoms. The molecule has 43 heavy (non-hydrogen) atoms. The Hall–Kier alpha value is -4.96. The van der Waals surface area contributed by atoms with Gasteiger partial charge in [0.25, 0.3) is 0 Å². The highest BCUT2D eigenvalue weighted by atomic mass is 19.1. The second kappa shape index (κ2) is 12.5. The molecule has 0 bridgehead atoms. The topological polar surface area (TPSA) is 103 Å². The summed E-state index contributed by atoms with van der Waals surface area (Å²) in [6.45, 7) is 5.60. The number of Topliss-reactive ketones (excluding diaryl/α,β-unsaturated/α-hetero) is 1. The van der Waals surface area contributed by atoms with Crippen LogP contribution in [0.3, 0.4) is 0 Å². The number of fused-ring (bicyclic) bond motifs is 1. The Morgan fingerprint density at radius 2 is 1.81 bits per heavy atom. The van der Waals surface area contributed by atoms with Gasteiger partial charge in [0.05, 0.1) is 36.7 Å². The van der Waals surface area contributed by atoms with Gasteiger partial charge < -0.3 is 19.2 Å². The Labute approximate surface area is 246 Å². The predicted molar refractivity (Wildman–Crippen MR) is 158 cm³/mol. The first kappa shape index (κ1) is 29.5. The zero-order valence-electron chi connectivity index (χ0n) is 24.1. The van der Waals surface area contributed by atoms with Crippen LogP contribution in [-0.2, 0) is 17.8 Å². The van der Waals surface area contributed by atoms with Crippen LogP contribution in [0.25, 0.3) is 22.2 Å². The number of hydrogen-bond donors (Lipinski definition) is 1. The van der Waals surface area contributed by atoms with Gasteiger partial charge in [0.1, 0.15) is 17.1 Å². The van der Waals surface area contributed by atoms with Crippen LogP contribution in [0.1, 0.15) is 39.8 Å². The van der Waals surface area contributed by atoms with Crippen molar-refractivity contribution in [3.8, 4) is 28.4 Å². The lowest BCUT2D eigenvalue weighted by Gasteiger charge is -2.15. The quantitative estimate of drug-likeness (QED) is 0.183. The van der Waals surface area contributed by atoms with Crippen LogP contribution in [0.5, 0.6) is 17.2 Å². The monoisotopic (exact) mass is 585 g/mol. The first-order chi connectivity index (χ1) is 20.7. The van der Waals surface area contributed by atoms with Crippen LogP contribution in [0.2, 0.25) is 0 Å². The number of H-pyrrole nitrogens is 1. The number of nitrogens with zero attached hydrogens (tertiary/aromatic N) is 2. The maximum atomic E-state index is 15.2. The van der Waals surface area contributed by atoms with Crippen LogP contribution in [0, 0.1) is 25.5 Å². The highest BCUT2D eigenvalue weighted by molar-refractivity contribution is 5.99. The van der Waals surface area contributed by atoms with Crippen molar-refractivity contribution in [2.45, 2.75) is 33.8 Å². The van der Waals surface area contributed by atoms with Gasteiger partial charge in [-0.25, -0.2) is 13.8 Å². The average Bonchev–Trinajstić information content (AvgIpc) is 2.98. The predicted octanol–water partition coefficient (Wildman–Crippen LogP) is 6.64. The molecule has 0 saturated carbocycles. The van der Waals surface area contributed by atoms with E-state index < -0.39 is 22.8 Å². The summed E-state index contributed by atoms with van der Waals surface area (Å²) in [5.74, 6) is -0.884. The Morgan fingerprint density at radius 1 is 1.00 bits per heavy atom. The fourth-order valence-electron chi connectivity index (χ4n) is 4.93. The van der Waals surface area contributed by atoms with Crippen molar-refractivity contribution in [3.63, 3.8) is 0 Å². The molecule has 0 unspecified atom stereocenters. The largest absolute Gasteiger partial charge is 0.495 e. The Kier molecular flexibility index (Phi) is 8.58. The van der Waals surface area contributed by atoms with E-state index in [1.807, 2.05) is 0 Å². The van der Waals surface area contributed by atoms with Crippen LogP contribution >= 0.6 is 0 Å². The van der Waals surface area contributed by atoms with E-state index in [0.29, 0.717) is 57.2 Å². The molecule has 0 amide bonds. The molecular weight excluding hydrogens is 556 g/mol. The average molecular weight is 586 g/mol. The van der Waals surface area contributed by atoms with E-state index in [1.165, 1.54) is 49.8 Å². The number of nitrogens with one attached hydrogen (secondary N) is 1. The van der Waals surface area contributed by atoms with Gasteiger partial charge in [-0.3, -0.25) is 14.6 Å². The van der Waals surface area contributed by atoms with Crippen molar-refractivity contribution in [1.82, 2.24) is 15.0 Å². The number of carbonyl (C=O) groups excluding carboxylic acids is 1. The molecule has 10 heteroatoms. The summed E-state index contributed by atoms with van der Waals surface area (Å²) in [6, 6.07) is 11.6. The zero-order valence-corrected chi connectivity index (χ0v) is 24.1. The molecule has 1 N–H and O–H groups in total. The molecular formula is C33H29F2N3O5. The normalized spacial score (nSPS) is 11.1. The van der Waals surface area contributed by atoms with Crippen molar-refractivity contribution in [2.75, 3.05) is 13.7 Å². The second-order valence-electron chi connectivity index (χ2n) is 9.92. The second-order valence-corrected chi connectivity index (χ2v) is 9.92. The molecule has 8 nitrogen and oxygen atoms in total. The van der Waals surface area contributed by atoms with Gasteiger partial charge in [0, 0.05) is 42.6 Å². The molecule has 220 valence electrons. The van der Waals surface area contributed by atoms with Crippen molar-refractivity contribution in [3.05, 3.63) is 111 Å². The van der Waals surface area contributed by atoms with E-state index in [4.69, 9.17) is 14.2 Å². The van der Waals surface area contributed by atoms with Crippen LogP contribution in [0.4, 0.5) is 8.78 Å². The van der Waals surface area contributed by atoms with Crippen LogP contribution in [-0.4, -0.2) is 34.5 Å². The van der Waals surface area contributed by atoms with Crippen molar-refractivity contribution in [1.29, 1.82) is 0 Å². The van der Waals surface area contributed by atoms with E-state index in [9.17, 15) is 14.0 Å². The number of aryl methyl sites for hydroxylation is 2. The van der Waals surface area contributed by atoms with Gasteiger partial charge in [-0.1, -0.05) is 12.1 Å². The maximum Gasteiger partial charge on any atom is 0.200 e. The van der Waals surface area contributed by atoms with Crippen LogP contribution in [0.15, 0.2) is 65.7 Å². The minimum atomic E-state index is -0.696. The molecule has 5 aromatic rings. The summed E-state index contributed by atoms with van der Waals surface area (Å²) in [6.07, 6.45) is 2.78. The number of rotatable bonds is 10. The number of benzene rings is 2. The molecule has 5 rings (SSSR count). The molecule has 0 saturated heterocycles. The third kappa shape index (κ3) is 6.14. The first-order valence-corrected chi connectivity index (χ1v) is 13.6. The van der Waals surface area contributed by atoms with Crippen molar-refractivity contribution in [2.24, 2.45) is 0 Å².